The van der Waals surface area contributed by atoms with Crippen LogP contribution in [0, 0.1) is 5.92 Å². The first-order chi connectivity index (χ1) is 12.6. The Labute approximate surface area is 158 Å². The van der Waals surface area contributed by atoms with E-state index in [0.717, 1.165) is 23.3 Å². The maximum atomic E-state index is 13.3. The summed E-state index contributed by atoms with van der Waals surface area (Å²) in [5, 5.41) is 5.19. The summed E-state index contributed by atoms with van der Waals surface area (Å²) in [5.74, 6) is 0.0449. The third-order valence-corrected chi connectivity index (χ3v) is 5.98. The van der Waals surface area contributed by atoms with Gasteiger partial charge < -0.3 is 10.2 Å². The van der Waals surface area contributed by atoms with Gasteiger partial charge in [-0.05, 0) is 41.8 Å². The molecule has 1 N–H and O–H groups in total. The van der Waals surface area contributed by atoms with E-state index in [-0.39, 0.29) is 23.8 Å². The molecule has 2 aliphatic rings. The normalized spacial score (nSPS) is 22.4. The summed E-state index contributed by atoms with van der Waals surface area (Å²) in [7, 11) is 0. The Balaban J connectivity index is 1.83. The van der Waals surface area contributed by atoms with Gasteiger partial charge >= 0.3 is 0 Å². The molecule has 1 aliphatic heterocycles. The zero-order valence-corrected chi connectivity index (χ0v) is 16.0. The molecule has 0 saturated heterocycles. The lowest BCUT2D eigenvalue weighted by molar-refractivity contribution is -0.124. The van der Waals surface area contributed by atoms with Crippen LogP contribution in [-0.2, 0) is 4.79 Å². The van der Waals surface area contributed by atoms with Gasteiger partial charge in [-0.1, -0.05) is 38.1 Å². The van der Waals surface area contributed by atoms with Crippen molar-refractivity contribution in [2.75, 3.05) is 6.54 Å². The summed E-state index contributed by atoms with van der Waals surface area (Å²) >= 11 is 1.62. The topological polar surface area (TPSA) is 49.4 Å². The van der Waals surface area contributed by atoms with E-state index in [1.165, 1.54) is 0 Å². The molecule has 1 aromatic heterocycles. The van der Waals surface area contributed by atoms with Gasteiger partial charge in [0.2, 0.25) is 5.91 Å². The van der Waals surface area contributed by atoms with Crippen LogP contribution in [0.25, 0.3) is 0 Å². The molecule has 2 aromatic rings. The number of nitrogens with one attached hydrogen (secondary N) is 1. The molecule has 26 heavy (non-hydrogen) atoms. The van der Waals surface area contributed by atoms with E-state index >= 15 is 0 Å². The quantitative estimate of drug-likeness (QED) is 0.868. The predicted octanol–water partition coefficient (Wildman–Crippen LogP) is 3.96. The lowest BCUT2D eigenvalue weighted by atomic mass is 9.81. The van der Waals surface area contributed by atoms with E-state index < -0.39 is 0 Å². The fraction of sp³-hybridized carbons (Fsp3) is 0.429. The summed E-state index contributed by atoms with van der Waals surface area (Å²) in [6.07, 6.45) is 2.11. The number of thiophene rings is 1. The monoisotopic (exact) mass is 368 g/mol. The Morgan fingerprint density at radius 1 is 1.23 bits per heavy atom. The number of hydrogen-bond donors (Lipinski definition) is 1. The highest BCUT2D eigenvalue weighted by Crippen LogP contribution is 2.44. The minimum absolute atomic E-state index is 0.0307. The van der Waals surface area contributed by atoms with Crippen molar-refractivity contribution in [3.05, 3.63) is 57.8 Å². The number of hydrogen-bond acceptors (Lipinski definition) is 3. The Hall–Kier alpha value is -2.14. The van der Waals surface area contributed by atoms with Crippen LogP contribution in [0.15, 0.2) is 41.8 Å². The third kappa shape index (κ3) is 3.16. The van der Waals surface area contributed by atoms with Crippen molar-refractivity contribution in [1.29, 1.82) is 0 Å². The summed E-state index contributed by atoms with van der Waals surface area (Å²) in [4.78, 5) is 29.5. The van der Waals surface area contributed by atoms with E-state index in [0.29, 0.717) is 24.1 Å². The van der Waals surface area contributed by atoms with Crippen LogP contribution < -0.4 is 5.32 Å². The standard InChI is InChI=1S/C21H24N2O2S/c1-13(2)12-23-19(17-8-5-11-26-17)18(20(24)22-14-9-10-14)15-6-3-4-7-16(15)21(23)25/h3-8,11,13-14,18-19H,9-10,12H2,1-2H3,(H,22,24)/t18-,19-/m0/s1. The van der Waals surface area contributed by atoms with Gasteiger partial charge in [0.25, 0.3) is 5.91 Å². The summed E-state index contributed by atoms with van der Waals surface area (Å²) in [6.45, 7) is 4.86. The number of nitrogens with zero attached hydrogens (tertiary/aromatic N) is 1. The fourth-order valence-corrected chi connectivity index (χ4v) is 4.64. The Bertz CT molecular complexity index is 811. The van der Waals surface area contributed by atoms with Gasteiger partial charge in [-0.25, -0.2) is 0 Å². The molecule has 2 heterocycles. The minimum Gasteiger partial charge on any atom is -0.353 e. The summed E-state index contributed by atoms with van der Waals surface area (Å²) < 4.78 is 0. The summed E-state index contributed by atoms with van der Waals surface area (Å²) in [6, 6.07) is 11.7. The molecule has 0 spiro atoms. The lowest BCUT2D eigenvalue weighted by Crippen LogP contribution is -2.48. The number of benzene rings is 1. The molecule has 0 unspecified atom stereocenters. The van der Waals surface area contributed by atoms with Crippen LogP contribution >= 0.6 is 11.3 Å². The van der Waals surface area contributed by atoms with Gasteiger partial charge in [-0.2, -0.15) is 0 Å². The molecule has 1 aliphatic carbocycles. The van der Waals surface area contributed by atoms with Gasteiger partial charge in [0.05, 0.1) is 12.0 Å². The van der Waals surface area contributed by atoms with Gasteiger partial charge in [-0.3, -0.25) is 9.59 Å². The molecule has 4 nitrogen and oxygen atoms in total. The summed E-state index contributed by atoms with van der Waals surface area (Å²) in [5.41, 5.74) is 1.52. The Kier molecular flexibility index (Phi) is 4.57. The lowest BCUT2D eigenvalue weighted by Gasteiger charge is -2.42. The SMILES string of the molecule is CC(C)CN1C(=O)c2ccccc2[C@H](C(=O)NC2CC2)[C@@H]1c1cccs1. The van der Waals surface area contributed by atoms with E-state index in [4.69, 9.17) is 0 Å². The highest BCUT2D eigenvalue weighted by Gasteiger charge is 2.45. The van der Waals surface area contributed by atoms with Crippen LogP contribution in [0.4, 0.5) is 0 Å². The Morgan fingerprint density at radius 2 is 2.00 bits per heavy atom. The second-order valence-corrected chi connectivity index (χ2v) is 8.64. The number of rotatable bonds is 5. The van der Waals surface area contributed by atoms with Gasteiger partial charge in [0.15, 0.2) is 0 Å². The van der Waals surface area contributed by atoms with Crippen molar-refractivity contribution in [2.45, 2.75) is 44.7 Å². The minimum atomic E-state index is -0.359. The average molecular weight is 369 g/mol. The predicted molar refractivity (Wildman–Crippen MR) is 103 cm³/mol. The smallest absolute Gasteiger partial charge is 0.254 e. The molecule has 136 valence electrons. The number of carbonyl (C=O) groups excluding carboxylic acids is 2. The average Bonchev–Trinajstić information content (AvgIpc) is 3.26. The van der Waals surface area contributed by atoms with E-state index in [1.807, 2.05) is 46.7 Å². The highest BCUT2D eigenvalue weighted by atomic mass is 32.1. The molecule has 0 bridgehead atoms. The largest absolute Gasteiger partial charge is 0.353 e. The maximum Gasteiger partial charge on any atom is 0.254 e. The first kappa shape index (κ1) is 17.3. The van der Waals surface area contributed by atoms with Crippen molar-refractivity contribution in [2.24, 2.45) is 5.92 Å². The van der Waals surface area contributed by atoms with Crippen molar-refractivity contribution in [1.82, 2.24) is 10.2 Å². The van der Waals surface area contributed by atoms with Crippen LogP contribution in [0.3, 0.4) is 0 Å². The molecule has 2 amide bonds. The van der Waals surface area contributed by atoms with Crippen LogP contribution in [0.1, 0.15) is 59.4 Å². The zero-order chi connectivity index (χ0) is 18.3. The van der Waals surface area contributed by atoms with E-state index in [1.54, 1.807) is 11.3 Å². The van der Waals surface area contributed by atoms with Gasteiger partial charge in [-0.15, -0.1) is 11.3 Å². The van der Waals surface area contributed by atoms with Crippen molar-refractivity contribution in [3.8, 4) is 0 Å². The molecule has 1 saturated carbocycles. The first-order valence-electron chi connectivity index (χ1n) is 9.30. The molecular weight excluding hydrogens is 344 g/mol. The molecule has 2 atom stereocenters. The molecule has 1 aromatic carbocycles. The van der Waals surface area contributed by atoms with Crippen molar-refractivity contribution < 1.29 is 9.59 Å². The van der Waals surface area contributed by atoms with Crippen LogP contribution in [0.5, 0.6) is 0 Å². The number of amides is 2. The molecule has 4 rings (SSSR count). The fourth-order valence-electron chi connectivity index (χ4n) is 3.76. The Morgan fingerprint density at radius 3 is 2.65 bits per heavy atom. The number of carbonyl (C=O) groups is 2. The molecule has 5 heteroatoms. The van der Waals surface area contributed by atoms with Gasteiger partial charge in [0, 0.05) is 23.0 Å². The van der Waals surface area contributed by atoms with E-state index in [9.17, 15) is 9.59 Å². The van der Waals surface area contributed by atoms with Gasteiger partial charge in [0.1, 0.15) is 0 Å². The van der Waals surface area contributed by atoms with E-state index in [2.05, 4.69) is 19.2 Å². The molecule has 1 fully saturated rings. The molecule has 0 radical (unpaired) electrons. The van der Waals surface area contributed by atoms with Crippen molar-refractivity contribution >= 4 is 23.2 Å². The second-order valence-electron chi connectivity index (χ2n) is 7.66. The first-order valence-corrected chi connectivity index (χ1v) is 10.2. The number of fused-ring (bicyclic) bond motifs is 1. The van der Waals surface area contributed by atoms with Crippen LogP contribution in [0.2, 0.25) is 0 Å². The van der Waals surface area contributed by atoms with Crippen LogP contribution in [-0.4, -0.2) is 29.3 Å². The zero-order valence-electron chi connectivity index (χ0n) is 15.1. The highest BCUT2D eigenvalue weighted by molar-refractivity contribution is 7.10. The van der Waals surface area contributed by atoms with Crippen molar-refractivity contribution in [3.63, 3.8) is 0 Å². The second kappa shape index (κ2) is 6.88. The molecular formula is C21H24N2O2S. The maximum absolute atomic E-state index is 13.3. The third-order valence-electron chi connectivity index (χ3n) is 5.04.